The van der Waals surface area contributed by atoms with Crippen molar-refractivity contribution in [1.82, 2.24) is 19.5 Å². The number of carbonyl (C=O) groups is 1. The van der Waals surface area contributed by atoms with Crippen LogP contribution in [0.25, 0.3) is 11.0 Å². The monoisotopic (exact) mass is 652 g/mol. The van der Waals surface area contributed by atoms with E-state index in [2.05, 4.69) is 10.1 Å². The highest BCUT2D eigenvalue weighted by molar-refractivity contribution is 5.95. The molecule has 0 aliphatic carbocycles. The molecule has 246 valence electrons. The second kappa shape index (κ2) is 11.6. The molecule has 1 saturated heterocycles. The van der Waals surface area contributed by atoms with Crippen LogP contribution in [0.4, 0.5) is 18.9 Å². The maximum absolute atomic E-state index is 13.1. The van der Waals surface area contributed by atoms with Gasteiger partial charge in [-0.1, -0.05) is 6.07 Å². The van der Waals surface area contributed by atoms with Gasteiger partial charge in [0.25, 0.3) is 5.79 Å². The van der Waals surface area contributed by atoms with Gasteiger partial charge in [0, 0.05) is 26.3 Å². The zero-order valence-corrected chi connectivity index (χ0v) is 25.5. The van der Waals surface area contributed by atoms with Crippen molar-refractivity contribution in [2.45, 2.75) is 51.4 Å². The number of fused-ring (bicyclic) bond motifs is 2. The van der Waals surface area contributed by atoms with Gasteiger partial charge in [0.1, 0.15) is 29.1 Å². The molecule has 0 spiro atoms. The van der Waals surface area contributed by atoms with Crippen LogP contribution in [0.15, 0.2) is 53.8 Å². The number of ether oxygens (including phenoxy) is 4. The number of benzene rings is 2. The minimum atomic E-state index is -4.50. The van der Waals surface area contributed by atoms with Gasteiger partial charge in [-0.25, -0.2) is 9.78 Å². The summed E-state index contributed by atoms with van der Waals surface area (Å²) in [4.78, 5) is 22.7. The average molecular weight is 653 g/mol. The maximum atomic E-state index is 13.1. The van der Waals surface area contributed by atoms with Crippen LogP contribution in [-0.2, 0) is 29.8 Å². The van der Waals surface area contributed by atoms with E-state index >= 15 is 0 Å². The van der Waals surface area contributed by atoms with Crippen molar-refractivity contribution >= 4 is 29.0 Å². The zero-order chi connectivity index (χ0) is 32.9. The van der Waals surface area contributed by atoms with E-state index in [1.54, 1.807) is 31.5 Å². The Balaban J connectivity index is 1.12. The number of carboxylic acids is 1. The lowest BCUT2D eigenvalue weighted by molar-refractivity contribution is -0.138. The summed E-state index contributed by atoms with van der Waals surface area (Å²) in [5.41, 5.74) is 1.37. The lowest BCUT2D eigenvalue weighted by atomic mass is 10.1. The molecule has 2 atom stereocenters. The van der Waals surface area contributed by atoms with E-state index in [0.717, 1.165) is 18.7 Å². The Labute approximate surface area is 266 Å². The van der Waals surface area contributed by atoms with E-state index in [9.17, 15) is 23.1 Å². The van der Waals surface area contributed by atoms with Crippen molar-refractivity contribution in [2.24, 2.45) is 5.10 Å². The van der Waals surface area contributed by atoms with Crippen LogP contribution in [0.5, 0.6) is 17.2 Å². The molecule has 0 radical (unpaired) electrons. The molecule has 2 aromatic carbocycles. The van der Waals surface area contributed by atoms with Gasteiger partial charge in [0.05, 0.1) is 54.7 Å². The van der Waals surface area contributed by atoms with Crippen molar-refractivity contribution in [2.75, 3.05) is 31.2 Å². The number of aromatic carboxylic acids is 1. The topological polar surface area (TPSA) is 124 Å². The predicted molar refractivity (Wildman–Crippen MR) is 163 cm³/mol. The number of carboxylic acid groups (broad SMARTS) is 1. The summed E-state index contributed by atoms with van der Waals surface area (Å²) in [6, 6.07) is 10.7. The molecular formula is C32H31F3N6O6. The van der Waals surface area contributed by atoms with Gasteiger partial charge in [0.15, 0.2) is 11.5 Å². The first-order valence-electron chi connectivity index (χ1n) is 15.1. The number of rotatable bonds is 9. The third-order valence-corrected chi connectivity index (χ3v) is 8.33. The first kappa shape index (κ1) is 30.6. The lowest BCUT2D eigenvalue weighted by Gasteiger charge is -2.31. The molecule has 47 heavy (non-hydrogen) atoms. The van der Waals surface area contributed by atoms with Crippen LogP contribution in [0.3, 0.4) is 0 Å². The minimum absolute atomic E-state index is 0.00128. The number of aromatic nitrogens is 3. The summed E-state index contributed by atoms with van der Waals surface area (Å²) in [5.74, 6) is -0.519. The van der Waals surface area contributed by atoms with Crippen LogP contribution in [-0.4, -0.2) is 69.4 Å². The molecule has 2 aromatic heterocycles. The number of imidazole rings is 1. The van der Waals surface area contributed by atoms with Crippen LogP contribution >= 0.6 is 0 Å². The van der Waals surface area contributed by atoms with Crippen LogP contribution in [0, 0.1) is 0 Å². The van der Waals surface area contributed by atoms with Crippen molar-refractivity contribution in [1.29, 1.82) is 0 Å². The number of alkyl halides is 3. The molecule has 3 aliphatic rings. The Morgan fingerprint density at radius 3 is 2.64 bits per heavy atom. The van der Waals surface area contributed by atoms with Gasteiger partial charge in [-0.2, -0.15) is 18.3 Å². The summed E-state index contributed by atoms with van der Waals surface area (Å²) in [6.45, 7) is 6.39. The quantitative estimate of drug-likeness (QED) is 0.257. The number of pyridine rings is 1. The molecule has 12 nitrogen and oxygen atoms in total. The SMILES string of the molecule is CCOc1cc(C(=O)O)cc2c1nc(CN1CCN(c3cccc4c3OC(C)(c3ccc(C(F)(F)F)cn3)O4)C=N1)n2C[C@@H]1CCO1. The third-order valence-electron chi connectivity index (χ3n) is 8.33. The van der Waals surface area contributed by atoms with Crippen molar-refractivity contribution in [3.05, 3.63) is 71.3 Å². The lowest BCUT2D eigenvalue weighted by Crippen LogP contribution is -2.38. The fraction of sp³-hybridized carbons (Fsp3) is 0.375. The molecule has 1 N–H and O–H groups in total. The number of hydrogen-bond acceptors (Lipinski definition) is 10. The normalized spacial score (nSPS) is 20.5. The van der Waals surface area contributed by atoms with Crippen LogP contribution < -0.4 is 19.1 Å². The highest BCUT2D eigenvalue weighted by Gasteiger charge is 2.43. The standard InChI is InChI=1S/C32H31F3N6O6/c1-3-44-25-14-19(30(42)43)13-23-28(25)38-27(41(23)16-21-9-12-45-21)17-40-11-10-39(18-37-40)22-5-4-6-24-29(22)47-31(2,46-24)26-8-7-20(15-36-26)32(33,34)35/h4-8,13-15,18,21H,3,9-12,16-17H2,1-2H3,(H,42,43)/t21-,31?/m0/s1. The Morgan fingerprint density at radius 2 is 2.00 bits per heavy atom. The number of hydrazone groups is 1. The van der Waals surface area contributed by atoms with E-state index in [4.69, 9.17) is 23.9 Å². The van der Waals surface area contributed by atoms with Gasteiger partial charge in [0.2, 0.25) is 0 Å². The highest BCUT2D eigenvalue weighted by atomic mass is 19.4. The summed E-state index contributed by atoms with van der Waals surface area (Å²) in [5, 5.41) is 16.3. The third kappa shape index (κ3) is 5.75. The van der Waals surface area contributed by atoms with Crippen LogP contribution in [0.2, 0.25) is 0 Å². The molecular weight excluding hydrogens is 621 g/mol. The van der Waals surface area contributed by atoms with Crippen molar-refractivity contribution in [3.63, 3.8) is 0 Å². The second-order valence-electron chi connectivity index (χ2n) is 11.5. The molecule has 1 unspecified atom stereocenters. The largest absolute Gasteiger partial charge is 0.492 e. The zero-order valence-electron chi connectivity index (χ0n) is 25.5. The molecule has 5 heterocycles. The molecule has 3 aliphatic heterocycles. The number of nitrogens with zero attached hydrogens (tertiary/aromatic N) is 6. The number of hydrogen-bond donors (Lipinski definition) is 1. The highest BCUT2D eigenvalue weighted by Crippen LogP contribution is 2.49. The summed E-state index contributed by atoms with van der Waals surface area (Å²) in [6.07, 6.45) is -1.17. The van der Waals surface area contributed by atoms with E-state index in [0.29, 0.717) is 79.2 Å². The smallest absolute Gasteiger partial charge is 0.417 e. The molecule has 0 amide bonds. The Morgan fingerprint density at radius 1 is 1.17 bits per heavy atom. The van der Waals surface area contributed by atoms with Gasteiger partial charge in [-0.15, -0.1) is 0 Å². The maximum Gasteiger partial charge on any atom is 0.417 e. The first-order chi connectivity index (χ1) is 22.5. The van der Waals surface area contributed by atoms with Crippen molar-refractivity contribution < 1.29 is 42.0 Å². The van der Waals surface area contributed by atoms with Gasteiger partial charge in [-0.05, 0) is 49.7 Å². The number of anilines is 1. The van der Waals surface area contributed by atoms with E-state index in [1.807, 2.05) is 27.5 Å². The number of halogens is 3. The first-order valence-corrected chi connectivity index (χ1v) is 15.1. The predicted octanol–water partition coefficient (Wildman–Crippen LogP) is 5.25. The van der Waals surface area contributed by atoms with Gasteiger partial charge in [-0.3, -0.25) is 9.99 Å². The van der Waals surface area contributed by atoms with E-state index < -0.39 is 23.5 Å². The van der Waals surface area contributed by atoms with Crippen LogP contribution in [0.1, 0.15) is 47.7 Å². The summed E-state index contributed by atoms with van der Waals surface area (Å²) in [7, 11) is 0. The minimum Gasteiger partial charge on any atom is -0.492 e. The fourth-order valence-corrected chi connectivity index (χ4v) is 5.80. The molecule has 0 saturated carbocycles. The molecule has 4 aromatic rings. The molecule has 1 fully saturated rings. The molecule has 15 heteroatoms. The Hall–Kier alpha value is -5.05. The Bertz CT molecular complexity index is 1860. The second-order valence-corrected chi connectivity index (χ2v) is 11.5. The van der Waals surface area contributed by atoms with Gasteiger partial charge >= 0.3 is 12.1 Å². The number of para-hydroxylation sites is 1. The summed E-state index contributed by atoms with van der Waals surface area (Å²) >= 11 is 0. The van der Waals surface area contributed by atoms with E-state index in [1.165, 1.54) is 12.1 Å². The van der Waals surface area contributed by atoms with Gasteiger partial charge < -0.3 is 33.5 Å². The summed E-state index contributed by atoms with van der Waals surface area (Å²) < 4.78 is 65.0. The fourth-order valence-electron chi connectivity index (χ4n) is 5.80. The average Bonchev–Trinajstić information content (AvgIpc) is 3.56. The van der Waals surface area contributed by atoms with E-state index in [-0.39, 0.29) is 17.4 Å². The molecule has 0 bridgehead atoms. The van der Waals surface area contributed by atoms with Crippen molar-refractivity contribution in [3.8, 4) is 17.2 Å². The Kier molecular flexibility index (Phi) is 7.57. The molecule has 7 rings (SSSR count).